The Labute approximate surface area is 124 Å². The second-order valence-electron chi connectivity index (χ2n) is 4.48. The van der Waals surface area contributed by atoms with Gasteiger partial charge in [-0.05, 0) is 12.1 Å². The SMILES string of the molecule is O=C(NCCn1nnc2ccccc2c1=O)c1cnccn1. The normalized spacial score (nSPS) is 10.5. The lowest BCUT2D eigenvalue weighted by Gasteiger charge is -2.06. The minimum absolute atomic E-state index is 0.222. The summed E-state index contributed by atoms with van der Waals surface area (Å²) in [5, 5.41) is 11.0. The first-order valence-electron chi connectivity index (χ1n) is 6.62. The van der Waals surface area contributed by atoms with E-state index < -0.39 is 0 Å². The van der Waals surface area contributed by atoms with Gasteiger partial charge in [-0.15, -0.1) is 5.10 Å². The maximum Gasteiger partial charge on any atom is 0.277 e. The largest absolute Gasteiger partial charge is 0.349 e. The average molecular weight is 296 g/mol. The Balaban J connectivity index is 1.68. The zero-order valence-corrected chi connectivity index (χ0v) is 11.5. The fourth-order valence-electron chi connectivity index (χ4n) is 1.95. The Bertz CT molecular complexity index is 862. The van der Waals surface area contributed by atoms with Crippen LogP contribution in [0.3, 0.4) is 0 Å². The Hall–Kier alpha value is -3.16. The first-order chi connectivity index (χ1) is 10.8. The van der Waals surface area contributed by atoms with Gasteiger partial charge in [0.15, 0.2) is 0 Å². The van der Waals surface area contributed by atoms with Crippen molar-refractivity contribution in [2.75, 3.05) is 6.54 Å². The molecule has 3 rings (SSSR count). The molecule has 0 aliphatic carbocycles. The number of nitrogens with one attached hydrogen (secondary N) is 1. The van der Waals surface area contributed by atoms with Gasteiger partial charge in [0.25, 0.3) is 11.5 Å². The molecular weight excluding hydrogens is 284 g/mol. The molecular formula is C14H12N6O2. The van der Waals surface area contributed by atoms with E-state index in [1.54, 1.807) is 24.3 Å². The van der Waals surface area contributed by atoms with Crippen LogP contribution in [-0.4, -0.2) is 37.4 Å². The molecule has 0 radical (unpaired) electrons. The third-order valence-electron chi connectivity index (χ3n) is 3.03. The molecule has 0 saturated carbocycles. The maximum atomic E-state index is 12.2. The summed E-state index contributed by atoms with van der Waals surface area (Å²) in [5.41, 5.74) is 0.533. The van der Waals surface area contributed by atoms with Crippen LogP contribution >= 0.6 is 0 Å². The van der Waals surface area contributed by atoms with Gasteiger partial charge in [0.05, 0.1) is 18.1 Å². The number of aromatic nitrogens is 5. The monoisotopic (exact) mass is 296 g/mol. The number of carbonyl (C=O) groups is 1. The summed E-state index contributed by atoms with van der Waals surface area (Å²) in [6.07, 6.45) is 4.30. The highest BCUT2D eigenvalue weighted by molar-refractivity contribution is 5.91. The molecule has 0 saturated heterocycles. The summed E-state index contributed by atoms with van der Waals surface area (Å²) in [7, 11) is 0. The molecule has 1 aromatic carbocycles. The van der Waals surface area contributed by atoms with Crippen molar-refractivity contribution in [2.24, 2.45) is 0 Å². The molecule has 1 amide bonds. The van der Waals surface area contributed by atoms with Crippen LogP contribution in [0, 0.1) is 0 Å². The number of rotatable bonds is 4. The summed E-state index contributed by atoms with van der Waals surface area (Å²) in [6.45, 7) is 0.463. The van der Waals surface area contributed by atoms with E-state index in [1.165, 1.54) is 23.3 Å². The Morgan fingerprint density at radius 1 is 1.23 bits per heavy atom. The van der Waals surface area contributed by atoms with Gasteiger partial charge in [0.2, 0.25) is 0 Å². The van der Waals surface area contributed by atoms with E-state index in [1.807, 2.05) is 0 Å². The van der Waals surface area contributed by atoms with Crippen molar-refractivity contribution in [2.45, 2.75) is 6.54 Å². The Morgan fingerprint density at radius 3 is 2.91 bits per heavy atom. The van der Waals surface area contributed by atoms with Crippen molar-refractivity contribution in [1.29, 1.82) is 0 Å². The van der Waals surface area contributed by atoms with Gasteiger partial charge in [-0.1, -0.05) is 17.3 Å². The molecule has 0 fully saturated rings. The summed E-state index contributed by atoms with van der Waals surface area (Å²) < 4.78 is 1.22. The van der Waals surface area contributed by atoms with Crippen molar-refractivity contribution in [3.05, 3.63) is 58.9 Å². The lowest BCUT2D eigenvalue weighted by Crippen LogP contribution is -2.33. The number of hydrogen-bond donors (Lipinski definition) is 1. The van der Waals surface area contributed by atoms with E-state index in [4.69, 9.17) is 0 Å². The number of amides is 1. The third kappa shape index (κ3) is 2.80. The smallest absolute Gasteiger partial charge is 0.277 e. The number of nitrogens with zero attached hydrogens (tertiary/aromatic N) is 5. The van der Waals surface area contributed by atoms with Crippen LogP contribution in [0.15, 0.2) is 47.7 Å². The minimum atomic E-state index is -0.352. The predicted octanol–water partition coefficient (Wildman–Crippen LogP) is 0.0115. The second kappa shape index (κ2) is 6.08. The molecule has 0 aliphatic heterocycles. The van der Waals surface area contributed by atoms with Gasteiger partial charge in [-0.25, -0.2) is 9.67 Å². The molecule has 0 aliphatic rings. The van der Waals surface area contributed by atoms with Crippen molar-refractivity contribution in [1.82, 2.24) is 30.3 Å². The fourth-order valence-corrected chi connectivity index (χ4v) is 1.95. The minimum Gasteiger partial charge on any atom is -0.349 e. The molecule has 0 unspecified atom stereocenters. The van der Waals surface area contributed by atoms with Gasteiger partial charge in [0.1, 0.15) is 11.2 Å². The molecule has 3 aromatic rings. The van der Waals surface area contributed by atoms with E-state index in [0.29, 0.717) is 10.9 Å². The highest BCUT2D eigenvalue weighted by Crippen LogP contribution is 2.02. The van der Waals surface area contributed by atoms with E-state index in [2.05, 4.69) is 25.6 Å². The summed E-state index contributed by atoms with van der Waals surface area (Å²) in [4.78, 5) is 31.7. The molecule has 2 heterocycles. The predicted molar refractivity (Wildman–Crippen MR) is 78.2 cm³/mol. The molecule has 0 atom stereocenters. The second-order valence-corrected chi connectivity index (χ2v) is 4.48. The number of fused-ring (bicyclic) bond motifs is 1. The van der Waals surface area contributed by atoms with Crippen molar-refractivity contribution < 1.29 is 4.79 Å². The average Bonchev–Trinajstić information content (AvgIpc) is 2.58. The third-order valence-corrected chi connectivity index (χ3v) is 3.03. The lowest BCUT2D eigenvalue weighted by molar-refractivity contribution is 0.0946. The molecule has 8 nitrogen and oxygen atoms in total. The molecule has 2 aromatic heterocycles. The standard InChI is InChI=1S/C14H12N6O2/c21-13(12-9-15-5-6-16-12)17-7-8-20-14(22)10-3-1-2-4-11(10)18-19-20/h1-6,9H,7-8H2,(H,17,21). The van der Waals surface area contributed by atoms with Crippen molar-refractivity contribution in [3.8, 4) is 0 Å². The maximum absolute atomic E-state index is 12.2. The van der Waals surface area contributed by atoms with Crippen molar-refractivity contribution in [3.63, 3.8) is 0 Å². The van der Waals surface area contributed by atoms with Crippen LogP contribution in [0.2, 0.25) is 0 Å². The van der Waals surface area contributed by atoms with Crippen LogP contribution in [0.1, 0.15) is 10.5 Å². The Kier molecular flexibility index (Phi) is 3.82. The van der Waals surface area contributed by atoms with Crippen LogP contribution in [-0.2, 0) is 6.54 Å². The fraction of sp³-hybridized carbons (Fsp3) is 0.143. The van der Waals surface area contributed by atoms with E-state index in [-0.39, 0.29) is 30.2 Å². The summed E-state index contributed by atoms with van der Waals surface area (Å²) >= 11 is 0. The van der Waals surface area contributed by atoms with Crippen LogP contribution in [0.5, 0.6) is 0 Å². The Morgan fingerprint density at radius 2 is 2.09 bits per heavy atom. The summed E-state index contributed by atoms with van der Waals surface area (Å²) in [5.74, 6) is -0.352. The van der Waals surface area contributed by atoms with Gasteiger partial charge in [-0.3, -0.25) is 14.6 Å². The van der Waals surface area contributed by atoms with Gasteiger partial charge >= 0.3 is 0 Å². The number of carbonyl (C=O) groups excluding carboxylic acids is 1. The number of benzene rings is 1. The lowest BCUT2D eigenvalue weighted by atomic mass is 10.2. The topological polar surface area (TPSA) is 103 Å². The molecule has 1 N–H and O–H groups in total. The molecule has 8 heteroatoms. The zero-order chi connectivity index (χ0) is 15.4. The molecule has 0 spiro atoms. The van der Waals surface area contributed by atoms with Gasteiger partial charge in [0, 0.05) is 18.9 Å². The van der Waals surface area contributed by atoms with Gasteiger partial charge in [-0.2, -0.15) is 0 Å². The van der Waals surface area contributed by atoms with Crippen LogP contribution in [0.25, 0.3) is 10.9 Å². The van der Waals surface area contributed by atoms with Crippen LogP contribution in [0.4, 0.5) is 0 Å². The highest BCUT2D eigenvalue weighted by atomic mass is 16.2. The van der Waals surface area contributed by atoms with E-state index >= 15 is 0 Å². The molecule has 110 valence electrons. The first-order valence-corrected chi connectivity index (χ1v) is 6.62. The summed E-state index contributed by atoms with van der Waals surface area (Å²) in [6, 6.07) is 6.98. The quantitative estimate of drug-likeness (QED) is 0.727. The number of hydrogen-bond acceptors (Lipinski definition) is 6. The zero-order valence-electron chi connectivity index (χ0n) is 11.5. The van der Waals surface area contributed by atoms with E-state index in [9.17, 15) is 9.59 Å². The van der Waals surface area contributed by atoms with Crippen LogP contribution < -0.4 is 10.9 Å². The molecule has 22 heavy (non-hydrogen) atoms. The van der Waals surface area contributed by atoms with Crippen molar-refractivity contribution >= 4 is 16.8 Å². The highest BCUT2D eigenvalue weighted by Gasteiger charge is 2.08. The van der Waals surface area contributed by atoms with E-state index in [0.717, 1.165) is 0 Å². The van der Waals surface area contributed by atoms with Gasteiger partial charge < -0.3 is 5.32 Å². The first kappa shape index (κ1) is 13.8. The molecule has 0 bridgehead atoms.